The Balaban J connectivity index is 2.95. The van der Waals surface area contributed by atoms with E-state index >= 15 is 0 Å². The van der Waals surface area contributed by atoms with Gasteiger partial charge in [-0.05, 0) is 25.1 Å². The topological polar surface area (TPSA) is 13.6 Å². The molecule has 0 saturated carbocycles. The van der Waals surface area contributed by atoms with Gasteiger partial charge in [0.15, 0.2) is 11.6 Å². The average Bonchev–Trinajstić information content (AvgIpc) is 2.20. The van der Waals surface area contributed by atoms with Gasteiger partial charge in [0, 0.05) is 12.5 Å². The molecule has 74 valence electrons. The van der Waals surface area contributed by atoms with Crippen LogP contribution in [-0.4, -0.2) is 6.61 Å². The summed E-state index contributed by atoms with van der Waals surface area (Å²) in [6.45, 7) is 10.8. The van der Waals surface area contributed by atoms with Crippen LogP contribution in [0.2, 0.25) is 0 Å². The lowest BCUT2D eigenvalue weighted by molar-refractivity contribution is 0.321. The predicted molar refractivity (Wildman–Crippen MR) is 52.6 cm³/mol. The van der Waals surface area contributed by atoms with E-state index in [1.54, 1.807) is 26.0 Å². The Bertz CT molecular complexity index is 357. The van der Waals surface area contributed by atoms with Crippen LogP contribution in [0, 0.1) is 12.4 Å². The van der Waals surface area contributed by atoms with Crippen molar-refractivity contribution in [1.29, 1.82) is 0 Å². The van der Waals surface area contributed by atoms with Crippen LogP contribution in [0.3, 0.4) is 0 Å². The van der Waals surface area contributed by atoms with Gasteiger partial charge in [-0.3, -0.25) is 0 Å². The smallest absolute Gasteiger partial charge is 0.246 e. The Morgan fingerprint density at radius 3 is 2.79 bits per heavy atom. The molecule has 0 N–H and O–H groups in total. The van der Waals surface area contributed by atoms with Crippen LogP contribution in [-0.2, 0) is 0 Å². The molecule has 1 unspecified atom stereocenters. The molecule has 0 radical (unpaired) electrons. The van der Waals surface area contributed by atoms with E-state index in [9.17, 15) is 4.39 Å². The molecule has 1 aromatic rings. The standard InChI is InChI=1S/C11H12FNO/c1-4-14-11-6-5-9(7-10(11)12)8(2)13-3/h5-8H,4H2,1-2H3. The van der Waals surface area contributed by atoms with Crippen LogP contribution in [0.5, 0.6) is 5.75 Å². The zero-order valence-corrected chi connectivity index (χ0v) is 8.25. The molecule has 1 aromatic carbocycles. The fourth-order valence-corrected chi connectivity index (χ4v) is 1.12. The first-order chi connectivity index (χ1) is 6.69. The van der Waals surface area contributed by atoms with Gasteiger partial charge in [0.2, 0.25) is 6.04 Å². The molecule has 0 aromatic heterocycles. The number of hydrogen-bond acceptors (Lipinski definition) is 1. The third-order valence-corrected chi connectivity index (χ3v) is 1.93. The van der Waals surface area contributed by atoms with E-state index in [-0.39, 0.29) is 11.8 Å². The van der Waals surface area contributed by atoms with Gasteiger partial charge < -0.3 is 9.58 Å². The number of hydrogen-bond donors (Lipinski definition) is 0. The quantitative estimate of drug-likeness (QED) is 0.672. The van der Waals surface area contributed by atoms with Gasteiger partial charge >= 0.3 is 0 Å². The maximum absolute atomic E-state index is 13.3. The molecule has 0 aliphatic carbocycles. The largest absolute Gasteiger partial charge is 0.491 e. The molecule has 0 aliphatic rings. The summed E-state index contributed by atoms with van der Waals surface area (Å²) in [6, 6.07) is 4.33. The Labute approximate surface area is 83.1 Å². The van der Waals surface area contributed by atoms with Crippen LogP contribution in [0.25, 0.3) is 4.85 Å². The lowest BCUT2D eigenvalue weighted by Gasteiger charge is -2.05. The second-order valence-electron chi connectivity index (χ2n) is 2.93. The molecule has 1 atom stereocenters. The summed E-state index contributed by atoms with van der Waals surface area (Å²) in [5.74, 6) is -0.159. The molecular weight excluding hydrogens is 181 g/mol. The molecule has 0 saturated heterocycles. The van der Waals surface area contributed by atoms with Crippen molar-refractivity contribution in [2.24, 2.45) is 0 Å². The van der Waals surface area contributed by atoms with Crippen LogP contribution in [0.1, 0.15) is 25.5 Å². The van der Waals surface area contributed by atoms with Crippen LogP contribution in [0.15, 0.2) is 18.2 Å². The Kier molecular flexibility index (Phi) is 3.47. The molecule has 0 amide bonds. The summed E-state index contributed by atoms with van der Waals surface area (Å²) in [5, 5.41) is 0. The molecule has 14 heavy (non-hydrogen) atoms. The van der Waals surface area contributed by atoms with E-state index in [0.717, 1.165) is 0 Å². The maximum Gasteiger partial charge on any atom is 0.246 e. The molecule has 0 fully saturated rings. The highest BCUT2D eigenvalue weighted by Crippen LogP contribution is 2.23. The monoisotopic (exact) mass is 193 g/mol. The molecule has 3 heteroatoms. The van der Waals surface area contributed by atoms with E-state index in [1.807, 2.05) is 0 Å². The third kappa shape index (κ3) is 2.23. The molecule has 2 nitrogen and oxygen atoms in total. The summed E-state index contributed by atoms with van der Waals surface area (Å²) in [7, 11) is 0. The highest BCUT2D eigenvalue weighted by Gasteiger charge is 2.11. The maximum atomic E-state index is 13.3. The van der Waals surface area contributed by atoms with Crippen molar-refractivity contribution in [1.82, 2.24) is 0 Å². The van der Waals surface area contributed by atoms with E-state index in [1.165, 1.54) is 6.07 Å². The zero-order chi connectivity index (χ0) is 10.6. The van der Waals surface area contributed by atoms with Gasteiger partial charge in [-0.25, -0.2) is 11.0 Å². The lowest BCUT2D eigenvalue weighted by atomic mass is 10.1. The molecule has 0 aliphatic heterocycles. The summed E-state index contributed by atoms with van der Waals surface area (Å²) in [4.78, 5) is 3.32. The summed E-state index contributed by atoms with van der Waals surface area (Å²) < 4.78 is 18.4. The number of ether oxygens (including phenoxy) is 1. The van der Waals surface area contributed by atoms with Gasteiger partial charge in [0.1, 0.15) is 0 Å². The molecule has 0 bridgehead atoms. The predicted octanol–water partition coefficient (Wildman–Crippen LogP) is 3.20. The van der Waals surface area contributed by atoms with Crippen molar-refractivity contribution in [3.63, 3.8) is 0 Å². The first kappa shape index (κ1) is 10.5. The Morgan fingerprint density at radius 1 is 1.57 bits per heavy atom. The SMILES string of the molecule is [C-]#[N+]C(C)c1ccc(OCC)c(F)c1. The Hall–Kier alpha value is -1.56. The number of halogens is 1. The van der Waals surface area contributed by atoms with Crippen molar-refractivity contribution in [2.75, 3.05) is 6.61 Å². The van der Waals surface area contributed by atoms with Gasteiger partial charge in [-0.1, -0.05) is 0 Å². The second-order valence-corrected chi connectivity index (χ2v) is 2.93. The first-order valence-electron chi connectivity index (χ1n) is 4.47. The fraction of sp³-hybridized carbons (Fsp3) is 0.364. The van der Waals surface area contributed by atoms with E-state index < -0.39 is 5.82 Å². The number of benzene rings is 1. The second kappa shape index (κ2) is 4.61. The lowest BCUT2D eigenvalue weighted by Crippen LogP contribution is -1.96. The molecule has 0 heterocycles. The van der Waals surface area contributed by atoms with E-state index in [0.29, 0.717) is 12.2 Å². The van der Waals surface area contributed by atoms with Gasteiger partial charge in [0.25, 0.3) is 0 Å². The summed E-state index contributed by atoms with van der Waals surface area (Å²) >= 11 is 0. The highest BCUT2D eigenvalue weighted by atomic mass is 19.1. The van der Waals surface area contributed by atoms with Gasteiger partial charge in [0.05, 0.1) is 6.61 Å². The Morgan fingerprint density at radius 2 is 2.29 bits per heavy atom. The highest BCUT2D eigenvalue weighted by molar-refractivity contribution is 5.31. The van der Waals surface area contributed by atoms with Crippen molar-refractivity contribution >= 4 is 0 Å². The fourth-order valence-electron chi connectivity index (χ4n) is 1.12. The normalized spacial score (nSPS) is 11.9. The molecular formula is C11H12FNO. The van der Waals surface area contributed by atoms with E-state index in [2.05, 4.69) is 4.85 Å². The van der Waals surface area contributed by atoms with Gasteiger partial charge in [-0.2, -0.15) is 0 Å². The summed E-state index contributed by atoms with van der Waals surface area (Å²) in [5.41, 5.74) is 0.681. The van der Waals surface area contributed by atoms with Crippen molar-refractivity contribution in [3.05, 3.63) is 41.0 Å². The molecule has 0 spiro atoms. The zero-order valence-electron chi connectivity index (χ0n) is 8.25. The minimum absolute atomic E-state index is 0.244. The van der Waals surface area contributed by atoms with Crippen molar-refractivity contribution in [2.45, 2.75) is 19.9 Å². The van der Waals surface area contributed by atoms with E-state index in [4.69, 9.17) is 11.3 Å². The minimum Gasteiger partial charge on any atom is -0.491 e. The molecule has 1 rings (SSSR count). The number of nitrogens with zero attached hydrogens (tertiary/aromatic N) is 1. The van der Waals surface area contributed by atoms with Crippen LogP contribution in [0.4, 0.5) is 4.39 Å². The van der Waals surface area contributed by atoms with Crippen LogP contribution < -0.4 is 4.74 Å². The third-order valence-electron chi connectivity index (χ3n) is 1.93. The first-order valence-corrected chi connectivity index (χ1v) is 4.47. The number of rotatable bonds is 3. The van der Waals surface area contributed by atoms with Crippen molar-refractivity contribution in [3.8, 4) is 5.75 Å². The van der Waals surface area contributed by atoms with Crippen molar-refractivity contribution < 1.29 is 9.13 Å². The minimum atomic E-state index is -0.403. The van der Waals surface area contributed by atoms with Gasteiger partial charge in [-0.15, -0.1) is 0 Å². The average molecular weight is 193 g/mol. The summed E-state index contributed by atoms with van der Waals surface area (Å²) in [6.07, 6.45) is 0. The van der Waals surface area contributed by atoms with Crippen LogP contribution >= 0.6 is 0 Å².